The Bertz CT molecular complexity index is 1080. The van der Waals surface area contributed by atoms with Gasteiger partial charge in [-0.25, -0.2) is 9.59 Å². The van der Waals surface area contributed by atoms with Crippen molar-refractivity contribution in [3.05, 3.63) is 82.4 Å². The summed E-state index contributed by atoms with van der Waals surface area (Å²) in [5.41, 5.74) is 6.16. The largest absolute Gasteiger partial charge is 0.478 e. The third-order valence-corrected chi connectivity index (χ3v) is 5.16. The Hall–Kier alpha value is -3.40. The van der Waals surface area contributed by atoms with E-state index in [-0.39, 0.29) is 11.1 Å². The maximum atomic E-state index is 11.9. The maximum absolute atomic E-state index is 11.9. The Balaban J connectivity index is 2.51. The molecule has 0 heterocycles. The van der Waals surface area contributed by atoms with Gasteiger partial charge in [-0.15, -0.1) is 0 Å². The van der Waals surface area contributed by atoms with E-state index in [1.165, 1.54) is 0 Å². The monoisotopic (exact) mass is 374 g/mol. The number of benzene rings is 3. The second kappa shape index (κ2) is 7.69. The SMILES string of the molecule is CCc1cc(C)c(C)c(-c2ccccc2C(=O)O)c1-c1ccccc1C(=O)O. The van der Waals surface area contributed by atoms with Crippen molar-refractivity contribution in [1.29, 1.82) is 0 Å². The van der Waals surface area contributed by atoms with Crippen LogP contribution >= 0.6 is 0 Å². The van der Waals surface area contributed by atoms with Gasteiger partial charge in [0.2, 0.25) is 0 Å². The minimum Gasteiger partial charge on any atom is -0.478 e. The molecule has 0 saturated carbocycles. The molecule has 3 aromatic carbocycles. The average Bonchev–Trinajstić information content (AvgIpc) is 2.69. The summed E-state index contributed by atoms with van der Waals surface area (Å²) in [6.45, 7) is 5.97. The fourth-order valence-corrected chi connectivity index (χ4v) is 3.69. The molecule has 0 radical (unpaired) electrons. The molecule has 4 nitrogen and oxygen atoms in total. The molecule has 3 aromatic rings. The van der Waals surface area contributed by atoms with Gasteiger partial charge in [-0.3, -0.25) is 0 Å². The first kappa shape index (κ1) is 19.4. The van der Waals surface area contributed by atoms with Crippen LogP contribution in [0.3, 0.4) is 0 Å². The summed E-state index contributed by atoms with van der Waals surface area (Å²) in [6, 6.07) is 15.8. The Kier molecular flexibility index (Phi) is 5.32. The van der Waals surface area contributed by atoms with Crippen molar-refractivity contribution in [2.75, 3.05) is 0 Å². The number of hydrogen-bond donors (Lipinski definition) is 2. The van der Waals surface area contributed by atoms with Crippen molar-refractivity contribution < 1.29 is 19.8 Å². The predicted octanol–water partition coefficient (Wildman–Crippen LogP) is 5.60. The van der Waals surface area contributed by atoms with Crippen LogP contribution in [0.25, 0.3) is 22.3 Å². The average molecular weight is 374 g/mol. The summed E-state index contributed by atoms with van der Waals surface area (Å²) in [4.78, 5) is 23.8. The van der Waals surface area contributed by atoms with Crippen molar-refractivity contribution >= 4 is 11.9 Å². The number of hydrogen-bond acceptors (Lipinski definition) is 2. The van der Waals surface area contributed by atoms with Gasteiger partial charge in [0.05, 0.1) is 11.1 Å². The molecule has 2 N–H and O–H groups in total. The van der Waals surface area contributed by atoms with E-state index >= 15 is 0 Å². The van der Waals surface area contributed by atoms with Gasteiger partial charge >= 0.3 is 11.9 Å². The van der Waals surface area contributed by atoms with Crippen LogP contribution in [0.4, 0.5) is 0 Å². The first-order valence-corrected chi connectivity index (χ1v) is 9.15. The number of carboxylic acids is 2. The molecular formula is C24H22O4. The van der Waals surface area contributed by atoms with E-state index in [0.29, 0.717) is 17.5 Å². The molecule has 0 aromatic heterocycles. The third kappa shape index (κ3) is 3.29. The normalized spacial score (nSPS) is 10.7. The fraction of sp³-hybridized carbons (Fsp3) is 0.167. The molecule has 0 unspecified atom stereocenters. The summed E-state index contributed by atoms with van der Waals surface area (Å²) in [5.74, 6) is -2.01. The number of carboxylic acid groups (broad SMARTS) is 2. The van der Waals surface area contributed by atoms with Crippen LogP contribution in [0.5, 0.6) is 0 Å². The van der Waals surface area contributed by atoms with Crippen molar-refractivity contribution in [3.63, 3.8) is 0 Å². The molecule has 4 heteroatoms. The van der Waals surface area contributed by atoms with Crippen LogP contribution in [0.1, 0.15) is 44.3 Å². The number of aromatic carboxylic acids is 2. The topological polar surface area (TPSA) is 74.6 Å². The Morgan fingerprint density at radius 1 is 0.786 bits per heavy atom. The molecule has 0 amide bonds. The minimum atomic E-state index is -1.01. The van der Waals surface area contributed by atoms with Gasteiger partial charge in [0.15, 0.2) is 0 Å². The fourth-order valence-electron chi connectivity index (χ4n) is 3.69. The summed E-state index contributed by atoms with van der Waals surface area (Å²) in [6.07, 6.45) is 0.701. The van der Waals surface area contributed by atoms with Crippen LogP contribution in [-0.4, -0.2) is 22.2 Å². The Labute approximate surface area is 164 Å². The van der Waals surface area contributed by atoms with Crippen molar-refractivity contribution in [2.24, 2.45) is 0 Å². The molecule has 0 aliphatic rings. The Morgan fingerprint density at radius 3 is 1.71 bits per heavy atom. The standard InChI is InChI=1S/C24H22O4/c1-4-16-13-14(2)15(3)21(17-9-5-7-11-19(17)23(25)26)22(16)18-10-6-8-12-20(18)24(27)28/h5-13H,4H2,1-3H3,(H,25,26)(H,27,28). The molecule has 0 fully saturated rings. The van der Waals surface area contributed by atoms with E-state index in [2.05, 4.69) is 6.07 Å². The molecule has 0 aliphatic heterocycles. The van der Waals surface area contributed by atoms with Crippen LogP contribution in [0, 0.1) is 13.8 Å². The van der Waals surface area contributed by atoms with Crippen molar-refractivity contribution in [2.45, 2.75) is 27.2 Å². The highest BCUT2D eigenvalue weighted by atomic mass is 16.4. The molecule has 0 bridgehead atoms. The molecule has 142 valence electrons. The van der Waals surface area contributed by atoms with Crippen LogP contribution < -0.4 is 0 Å². The summed E-state index contributed by atoms with van der Waals surface area (Å²) >= 11 is 0. The van der Waals surface area contributed by atoms with E-state index in [4.69, 9.17) is 0 Å². The van der Waals surface area contributed by atoms with E-state index in [9.17, 15) is 19.8 Å². The smallest absolute Gasteiger partial charge is 0.336 e. The lowest BCUT2D eigenvalue weighted by atomic mass is 9.82. The van der Waals surface area contributed by atoms with Gasteiger partial charge in [0, 0.05) is 0 Å². The van der Waals surface area contributed by atoms with Crippen molar-refractivity contribution in [3.8, 4) is 22.3 Å². The molecule has 3 rings (SSSR count). The number of rotatable bonds is 5. The highest BCUT2D eigenvalue weighted by molar-refractivity contribution is 6.04. The number of aryl methyl sites for hydroxylation is 2. The summed E-state index contributed by atoms with van der Waals surface area (Å²) in [5, 5.41) is 19.4. The van der Waals surface area contributed by atoms with Gasteiger partial charge in [0.25, 0.3) is 0 Å². The second-order valence-corrected chi connectivity index (χ2v) is 6.78. The Morgan fingerprint density at radius 2 is 1.25 bits per heavy atom. The predicted molar refractivity (Wildman–Crippen MR) is 110 cm³/mol. The van der Waals surface area contributed by atoms with Gasteiger partial charge in [-0.1, -0.05) is 49.4 Å². The first-order valence-electron chi connectivity index (χ1n) is 9.15. The molecule has 0 atom stereocenters. The van der Waals surface area contributed by atoms with E-state index in [0.717, 1.165) is 27.8 Å². The van der Waals surface area contributed by atoms with Gasteiger partial charge in [-0.05, 0) is 71.3 Å². The lowest BCUT2D eigenvalue weighted by Gasteiger charge is -2.22. The highest BCUT2D eigenvalue weighted by Crippen LogP contribution is 2.42. The van der Waals surface area contributed by atoms with Gasteiger partial charge in [-0.2, -0.15) is 0 Å². The van der Waals surface area contributed by atoms with E-state index in [1.807, 2.05) is 32.9 Å². The van der Waals surface area contributed by atoms with Gasteiger partial charge < -0.3 is 10.2 Å². The van der Waals surface area contributed by atoms with Crippen LogP contribution in [0.15, 0.2) is 54.6 Å². The molecule has 0 spiro atoms. The summed E-state index contributed by atoms with van der Waals surface area (Å²) in [7, 11) is 0. The third-order valence-electron chi connectivity index (χ3n) is 5.16. The first-order chi connectivity index (χ1) is 13.4. The lowest BCUT2D eigenvalue weighted by molar-refractivity contribution is 0.0686. The minimum absolute atomic E-state index is 0.201. The molecule has 0 saturated heterocycles. The zero-order valence-corrected chi connectivity index (χ0v) is 16.1. The molecular weight excluding hydrogens is 352 g/mol. The quantitative estimate of drug-likeness (QED) is 0.610. The highest BCUT2D eigenvalue weighted by Gasteiger charge is 2.23. The molecule has 28 heavy (non-hydrogen) atoms. The van der Waals surface area contributed by atoms with Gasteiger partial charge in [0.1, 0.15) is 0 Å². The number of carbonyl (C=O) groups is 2. The zero-order valence-electron chi connectivity index (χ0n) is 16.1. The molecule has 0 aliphatic carbocycles. The second-order valence-electron chi connectivity index (χ2n) is 6.78. The zero-order chi connectivity index (χ0) is 20.4. The van der Waals surface area contributed by atoms with Crippen molar-refractivity contribution in [1.82, 2.24) is 0 Å². The van der Waals surface area contributed by atoms with E-state index in [1.54, 1.807) is 36.4 Å². The maximum Gasteiger partial charge on any atom is 0.336 e. The van der Waals surface area contributed by atoms with Crippen LogP contribution in [0.2, 0.25) is 0 Å². The van der Waals surface area contributed by atoms with E-state index < -0.39 is 11.9 Å². The van der Waals surface area contributed by atoms with Crippen LogP contribution in [-0.2, 0) is 6.42 Å². The summed E-state index contributed by atoms with van der Waals surface area (Å²) < 4.78 is 0. The lowest BCUT2D eigenvalue weighted by Crippen LogP contribution is -2.06.